The number of benzene rings is 1. The summed E-state index contributed by atoms with van der Waals surface area (Å²) < 4.78 is 1.26. The quantitative estimate of drug-likeness (QED) is 0.522. The van der Waals surface area contributed by atoms with Crippen LogP contribution >= 0.6 is 11.3 Å². The molecule has 3 aromatic rings. The van der Waals surface area contributed by atoms with Gasteiger partial charge in [0.2, 0.25) is 0 Å². The van der Waals surface area contributed by atoms with Crippen LogP contribution in [0.3, 0.4) is 0 Å². The minimum absolute atomic E-state index is 1.08. The van der Waals surface area contributed by atoms with E-state index in [1.165, 1.54) is 10.1 Å². The van der Waals surface area contributed by atoms with Crippen molar-refractivity contribution >= 4 is 32.5 Å². The summed E-state index contributed by atoms with van der Waals surface area (Å²) in [6.45, 7) is 0. The first kappa shape index (κ1) is 7.04. The monoisotopic (exact) mass is 185 g/mol. The van der Waals surface area contributed by atoms with Crippen LogP contribution in [-0.2, 0) is 0 Å². The molecule has 0 N–H and O–H groups in total. The van der Waals surface area contributed by atoms with Crippen molar-refractivity contribution in [1.82, 2.24) is 4.98 Å². The van der Waals surface area contributed by atoms with Crippen LogP contribution < -0.4 is 0 Å². The Labute approximate surface area is 79.7 Å². The second-order valence-corrected chi connectivity index (χ2v) is 3.93. The molecular formula is C11H7NS. The topological polar surface area (TPSA) is 12.9 Å². The van der Waals surface area contributed by atoms with E-state index in [0.717, 1.165) is 11.0 Å². The van der Waals surface area contributed by atoms with Crippen molar-refractivity contribution in [3.63, 3.8) is 0 Å². The molecule has 0 fully saturated rings. The van der Waals surface area contributed by atoms with E-state index in [-0.39, 0.29) is 0 Å². The number of pyridine rings is 1. The van der Waals surface area contributed by atoms with Crippen molar-refractivity contribution in [2.75, 3.05) is 0 Å². The normalized spacial score (nSPS) is 11.1. The van der Waals surface area contributed by atoms with Crippen molar-refractivity contribution in [3.05, 3.63) is 41.8 Å². The first-order chi connectivity index (χ1) is 6.43. The lowest BCUT2D eigenvalue weighted by Crippen LogP contribution is -1.76. The Kier molecular flexibility index (Phi) is 1.37. The van der Waals surface area contributed by atoms with Gasteiger partial charge in [-0.15, -0.1) is 11.3 Å². The largest absolute Gasteiger partial charge is 0.247 e. The zero-order valence-corrected chi connectivity index (χ0v) is 7.71. The number of rotatable bonds is 0. The third kappa shape index (κ3) is 1.03. The van der Waals surface area contributed by atoms with Crippen molar-refractivity contribution in [2.45, 2.75) is 0 Å². The molecule has 0 radical (unpaired) electrons. The van der Waals surface area contributed by atoms with Crippen molar-refractivity contribution < 1.29 is 0 Å². The highest BCUT2D eigenvalue weighted by Gasteiger charge is 1.98. The van der Waals surface area contributed by atoms with E-state index < -0.39 is 0 Å². The van der Waals surface area contributed by atoms with Crippen LogP contribution in [0.1, 0.15) is 0 Å². The molecule has 13 heavy (non-hydrogen) atoms. The molecule has 3 rings (SSSR count). The zero-order chi connectivity index (χ0) is 8.67. The van der Waals surface area contributed by atoms with E-state index in [1.54, 1.807) is 11.3 Å². The second kappa shape index (κ2) is 2.54. The molecule has 62 valence electrons. The molecule has 0 unspecified atom stereocenters. The van der Waals surface area contributed by atoms with Crippen molar-refractivity contribution in [2.24, 2.45) is 0 Å². The molecular weight excluding hydrogens is 178 g/mol. The van der Waals surface area contributed by atoms with Gasteiger partial charge in [-0.05, 0) is 23.6 Å². The maximum absolute atomic E-state index is 4.55. The Morgan fingerprint density at radius 2 is 1.92 bits per heavy atom. The maximum Gasteiger partial charge on any atom is 0.0817 e. The first-order valence-electron chi connectivity index (χ1n) is 4.16. The molecule has 0 atom stereocenters. The van der Waals surface area contributed by atoms with Crippen LogP contribution in [0.4, 0.5) is 0 Å². The van der Waals surface area contributed by atoms with Crippen LogP contribution in [0.5, 0.6) is 0 Å². The summed E-state index contributed by atoms with van der Waals surface area (Å²) in [5, 5.41) is 3.30. The molecule has 0 aliphatic carbocycles. The molecule has 0 amide bonds. The number of thiophene rings is 1. The highest BCUT2D eigenvalue weighted by molar-refractivity contribution is 7.17. The van der Waals surface area contributed by atoms with E-state index in [9.17, 15) is 0 Å². The van der Waals surface area contributed by atoms with E-state index in [4.69, 9.17) is 0 Å². The Balaban J connectivity index is 2.57. The number of aromatic nitrogens is 1. The van der Waals surface area contributed by atoms with Crippen LogP contribution in [0.2, 0.25) is 0 Å². The van der Waals surface area contributed by atoms with Crippen LogP contribution in [-0.4, -0.2) is 4.98 Å². The number of fused-ring (bicyclic) bond motifs is 2. The minimum atomic E-state index is 1.08. The predicted octanol–water partition coefficient (Wildman–Crippen LogP) is 3.45. The number of hydrogen-bond donors (Lipinski definition) is 0. The van der Waals surface area contributed by atoms with Gasteiger partial charge in [-0.3, -0.25) is 0 Å². The Morgan fingerprint density at radius 1 is 1.00 bits per heavy atom. The molecule has 0 aliphatic heterocycles. The first-order valence-corrected chi connectivity index (χ1v) is 5.04. The number of para-hydroxylation sites is 1. The van der Waals surface area contributed by atoms with E-state index >= 15 is 0 Å². The fourth-order valence-electron chi connectivity index (χ4n) is 1.50. The SMILES string of the molecule is c1ccc2nc3ccsc3cc2c1. The highest BCUT2D eigenvalue weighted by Crippen LogP contribution is 2.23. The summed E-state index contributed by atoms with van der Waals surface area (Å²) in [7, 11) is 0. The minimum Gasteiger partial charge on any atom is -0.247 e. The summed E-state index contributed by atoms with van der Waals surface area (Å²) in [6.07, 6.45) is 0. The Bertz CT molecular complexity index is 519. The van der Waals surface area contributed by atoms with Gasteiger partial charge >= 0.3 is 0 Å². The lowest BCUT2D eigenvalue weighted by atomic mass is 10.2. The summed E-state index contributed by atoms with van der Waals surface area (Å²) in [6, 6.07) is 12.5. The van der Waals surface area contributed by atoms with Gasteiger partial charge in [0, 0.05) is 5.39 Å². The van der Waals surface area contributed by atoms with Gasteiger partial charge in [0.1, 0.15) is 0 Å². The molecule has 1 nitrogen and oxygen atoms in total. The maximum atomic E-state index is 4.55. The zero-order valence-electron chi connectivity index (χ0n) is 6.90. The lowest BCUT2D eigenvalue weighted by molar-refractivity contribution is 1.52. The van der Waals surface area contributed by atoms with Gasteiger partial charge in [-0.2, -0.15) is 0 Å². The van der Waals surface area contributed by atoms with E-state index in [0.29, 0.717) is 0 Å². The highest BCUT2D eigenvalue weighted by atomic mass is 32.1. The van der Waals surface area contributed by atoms with Gasteiger partial charge in [0.25, 0.3) is 0 Å². The van der Waals surface area contributed by atoms with Gasteiger partial charge in [0.05, 0.1) is 15.7 Å². The van der Waals surface area contributed by atoms with E-state index in [2.05, 4.69) is 28.6 Å². The second-order valence-electron chi connectivity index (χ2n) is 2.99. The lowest BCUT2D eigenvalue weighted by Gasteiger charge is -1.95. The number of nitrogens with zero attached hydrogens (tertiary/aromatic N) is 1. The van der Waals surface area contributed by atoms with Gasteiger partial charge < -0.3 is 0 Å². The van der Waals surface area contributed by atoms with Crippen LogP contribution in [0.15, 0.2) is 41.8 Å². The third-order valence-electron chi connectivity index (χ3n) is 2.14. The molecule has 0 saturated carbocycles. The van der Waals surface area contributed by atoms with Gasteiger partial charge in [-0.1, -0.05) is 18.2 Å². The molecule has 0 saturated heterocycles. The van der Waals surface area contributed by atoms with Crippen molar-refractivity contribution in [1.29, 1.82) is 0 Å². The van der Waals surface area contributed by atoms with E-state index in [1.807, 2.05) is 18.2 Å². The molecule has 2 heterocycles. The Morgan fingerprint density at radius 3 is 2.92 bits per heavy atom. The fraction of sp³-hybridized carbons (Fsp3) is 0. The number of hydrogen-bond acceptors (Lipinski definition) is 2. The smallest absolute Gasteiger partial charge is 0.0817 e. The van der Waals surface area contributed by atoms with Gasteiger partial charge in [-0.25, -0.2) is 4.98 Å². The van der Waals surface area contributed by atoms with Crippen LogP contribution in [0, 0.1) is 0 Å². The summed E-state index contributed by atoms with van der Waals surface area (Å²) in [4.78, 5) is 4.55. The molecule has 2 heteroatoms. The standard InChI is InChI=1S/C11H7NS/c1-2-4-9-8(3-1)7-11-10(12-9)5-6-13-11/h1-7H. The predicted molar refractivity (Wildman–Crippen MR) is 57.1 cm³/mol. The molecule has 0 spiro atoms. The summed E-state index contributed by atoms with van der Waals surface area (Å²) in [5.41, 5.74) is 2.18. The van der Waals surface area contributed by atoms with Crippen LogP contribution in [0.25, 0.3) is 21.1 Å². The van der Waals surface area contributed by atoms with Gasteiger partial charge in [0.15, 0.2) is 0 Å². The molecule has 0 aliphatic rings. The van der Waals surface area contributed by atoms with Crippen molar-refractivity contribution in [3.8, 4) is 0 Å². The summed E-state index contributed by atoms with van der Waals surface area (Å²) >= 11 is 1.74. The third-order valence-corrected chi connectivity index (χ3v) is 2.99. The Hall–Kier alpha value is -1.41. The molecule has 1 aromatic carbocycles. The fourth-order valence-corrected chi connectivity index (χ4v) is 2.27. The average Bonchev–Trinajstić information content (AvgIpc) is 2.61. The summed E-state index contributed by atoms with van der Waals surface area (Å²) in [5.74, 6) is 0. The molecule has 0 bridgehead atoms. The average molecular weight is 185 g/mol. The molecule has 2 aromatic heterocycles.